The highest BCUT2D eigenvalue weighted by atomic mass is 16.6. The SMILES string of the molecule is CC(=O)Oc1ccc(CC(C)(OC(C)=O)C(=O)O)cc1OC(C)=O. The Kier molecular flexibility index (Phi) is 6.05. The van der Waals surface area contributed by atoms with Gasteiger partial charge in [-0.05, 0) is 24.6 Å². The molecule has 0 spiro atoms. The van der Waals surface area contributed by atoms with Gasteiger partial charge in [0.15, 0.2) is 11.5 Å². The van der Waals surface area contributed by atoms with Gasteiger partial charge in [-0.15, -0.1) is 0 Å². The van der Waals surface area contributed by atoms with Crippen LogP contribution in [0.4, 0.5) is 0 Å². The molecule has 1 N–H and O–H groups in total. The Labute approximate surface area is 138 Å². The summed E-state index contributed by atoms with van der Waals surface area (Å²) in [5.41, 5.74) is -1.38. The van der Waals surface area contributed by atoms with Gasteiger partial charge >= 0.3 is 23.9 Å². The maximum absolute atomic E-state index is 11.4. The largest absolute Gasteiger partial charge is 0.478 e. The first kappa shape index (κ1) is 19.1. The minimum Gasteiger partial charge on any atom is -0.478 e. The van der Waals surface area contributed by atoms with E-state index in [2.05, 4.69) is 0 Å². The summed E-state index contributed by atoms with van der Waals surface area (Å²) in [5.74, 6) is -3.32. The van der Waals surface area contributed by atoms with Crippen LogP contribution in [-0.4, -0.2) is 34.6 Å². The molecule has 1 aromatic carbocycles. The number of rotatable bonds is 6. The topological polar surface area (TPSA) is 116 Å². The first-order valence-corrected chi connectivity index (χ1v) is 6.96. The van der Waals surface area contributed by atoms with Crippen LogP contribution in [0.1, 0.15) is 33.3 Å². The van der Waals surface area contributed by atoms with E-state index in [0.29, 0.717) is 5.56 Å². The van der Waals surface area contributed by atoms with E-state index in [9.17, 15) is 24.3 Å². The number of hydrogen-bond acceptors (Lipinski definition) is 7. The van der Waals surface area contributed by atoms with Crippen molar-refractivity contribution in [3.05, 3.63) is 23.8 Å². The molecule has 0 heterocycles. The maximum atomic E-state index is 11.4. The van der Waals surface area contributed by atoms with Crippen molar-refractivity contribution in [3.8, 4) is 11.5 Å². The number of ether oxygens (including phenoxy) is 3. The van der Waals surface area contributed by atoms with Crippen molar-refractivity contribution in [1.82, 2.24) is 0 Å². The molecule has 0 amide bonds. The lowest BCUT2D eigenvalue weighted by Gasteiger charge is -2.24. The summed E-state index contributed by atoms with van der Waals surface area (Å²) < 4.78 is 14.8. The molecule has 0 fully saturated rings. The third-order valence-corrected chi connectivity index (χ3v) is 2.88. The molecule has 0 aliphatic heterocycles. The van der Waals surface area contributed by atoms with Crippen molar-refractivity contribution in [2.45, 2.75) is 39.7 Å². The fourth-order valence-corrected chi connectivity index (χ4v) is 2.00. The Morgan fingerprint density at radius 3 is 1.96 bits per heavy atom. The minimum absolute atomic E-state index is 0.0194. The van der Waals surface area contributed by atoms with E-state index in [1.54, 1.807) is 0 Å². The standard InChI is InChI=1S/C16H18O8/c1-9(17)22-13-6-5-12(7-14(13)23-10(2)18)8-16(4,15(20)21)24-11(3)19/h5-7H,8H2,1-4H3,(H,20,21). The molecule has 8 heteroatoms. The zero-order chi connectivity index (χ0) is 18.5. The third kappa shape index (κ3) is 5.38. The van der Waals surface area contributed by atoms with E-state index in [1.807, 2.05) is 0 Å². The van der Waals surface area contributed by atoms with Gasteiger partial charge in [0, 0.05) is 27.2 Å². The molecule has 1 atom stereocenters. The molecule has 24 heavy (non-hydrogen) atoms. The second-order valence-corrected chi connectivity index (χ2v) is 5.27. The number of carbonyl (C=O) groups excluding carboxylic acids is 3. The second kappa shape index (κ2) is 7.58. The highest BCUT2D eigenvalue weighted by Gasteiger charge is 2.37. The average molecular weight is 338 g/mol. The van der Waals surface area contributed by atoms with Crippen LogP contribution < -0.4 is 9.47 Å². The summed E-state index contributed by atoms with van der Waals surface area (Å²) >= 11 is 0. The van der Waals surface area contributed by atoms with Crippen LogP contribution in [0.15, 0.2) is 18.2 Å². The summed E-state index contributed by atoms with van der Waals surface area (Å²) in [7, 11) is 0. The first-order chi connectivity index (χ1) is 11.0. The van der Waals surface area contributed by atoms with Crippen LogP contribution in [-0.2, 0) is 30.3 Å². The molecule has 1 rings (SSSR count). The number of hydrogen-bond donors (Lipinski definition) is 1. The predicted octanol–water partition coefficient (Wildman–Crippen LogP) is 1.49. The molecule has 0 aliphatic carbocycles. The molecule has 0 radical (unpaired) electrons. The van der Waals surface area contributed by atoms with Crippen LogP contribution in [0, 0.1) is 0 Å². The van der Waals surface area contributed by atoms with Crippen molar-refractivity contribution in [2.24, 2.45) is 0 Å². The van der Waals surface area contributed by atoms with E-state index in [4.69, 9.17) is 14.2 Å². The minimum atomic E-state index is -1.79. The number of benzene rings is 1. The number of carbonyl (C=O) groups is 4. The van der Waals surface area contributed by atoms with Crippen molar-refractivity contribution in [2.75, 3.05) is 0 Å². The molecular formula is C16H18O8. The van der Waals surface area contributed by atoms with Crippen LogP contribution in [0.3, 0.4) is 0 Å². The highest BCUT2D eigenvalue weighted by molar-refractivity contribution is 5.81. The summed E-state index contributed by atoms with van der Waals surface area (Å²) in [5, 5.41) is 9.30. The van der Waals surface area contributed by atoms with Crippen molar-refractivity contribution >= 4 is 23.9 Å². The Balaban J connectivity index is 3.19. The zero-order valence-corrected chi connectivity index (χ0v) is 13.7. The van der Waals surface area contributed by atoms with E-state index in [-0.39, 0.29) is 17.9 Å². The highest BCUT2D eigenvalue weighted by Crippen LogP contribution is 2.31. The monoisotopic (exact) mass is 338 g/mol. The molecule has 0 bridgehead atoms. The predicted molar refractivity (Wildman–Crippen MR) is 80.6 cm³/mol. The third-order valence-electron chi connectivity index (χ3n) is 2.88. The lowest BCUT2D eigenvalue weighted by atomic mass is 9.96. The van der Waals surface area contributed by atoms with Crippen molar-refractivity contribution in [1.29, 1.82) is 0 Å². The van der Waals surface area contributed by atoms with E-state index >= 15 is 0 Å². The van der Waals surface area contributed by atoms with Crippen LogP contribution in [0.5, 0.6) is 11.5 Å². The fraction of sp³-hybridized carbons (Fsp3) is 0.375. The molecular weight excluding hydrogens is 320 g/mol. The number of carboxylic acid groups (broad SMARTS) is 1. The summed E-state index contributed by atoms with van der Waals surface area (Å²) in [6.07, 6.45) is -0.170. The van der Waals surface area contributed by atoms with Gasteiger partial charge in [-0.1, -0.05) is 6.07 Å². The Morgan fingerprint density at radius 1 is 0.958 bits per heavy atom. The van der Waals surface area contributed by atoms with Crippen LogP contribution in [0.25, 0.3) is 0 Å². The molecule has 0 saturated heterocycles. The number of esters is 3. The number of aliphatic carboxylic acids is 1. The van der Waals surface area contributed by atoms with Gasteiger partial charge in [-0.2, -0.15) is 0 Å². The average Bonchev–Trinajstić information content (AvgIpc) is 2.39. The fourth-order valence-electron chi connectivity index (χ4n) is 2.00. The summed E-state index contributed by atoms with van der Waals surface area (Å²) in [6.45, 7) is 4.72. The lowest BCUT2D eigenvalue weighted by Crippen LogP contribution is -2.42. The van der Waals surface area contributed by atoms with Crippen molar-refractivity contribution < 1.29 is 38.5 Å². The molecule has 1 aromatic rings. The Bertz CT molecular complexity index is 679. The molecule has 8 nitrogen and oxygen atoms in total. The molecule has 0 aromatic heterocycles. The quantitative estimate of drug-likeness (QED) is 0.612. The van der Waals surface area contributed by atoms with Gasteiger partial charge in [-0.25, -0.2) is 4.79 Å². The van der Waals surface area contributed by atoms with Gasteiger partial charge in [-0.3, -0.25) is 14.4 Å². The first-order valence-electron chi connectivity index (χ1n) is 6.96. The normalized spacial score (nSPS) is 12.7. The van der Waals surface area contributed by atoms with Crippen LogP contribution >= 0.6 is 0 Å². The van der Waals surface area contributed by atoms with E-state index < -0.39 is 29.5 Å². The summed E-state index contributed by atoms with van der Waals surface area (Å²) in [4.78, 5) is 44.8. The molecule has 0 aliphatic rings. The maximum Gasteiger partial charge on any atom is 0.348 e. The molecule has 0 saturated carbocycles. The van der Waals surface area contributed by atoms with Crippen LogP contribution in [0.2, 0.25) is 0 Å². The van der Waals surface area contributed by atoms with Gasteiger partial charge in [0.1, 0.15) is 0 Å². The Hall–Kier alpha value is -2.90. The summed E-state index contributed by atoms with van der Waals surface area (Å²) in [6, 6.07) is 4.20. The van der Waals surface area contributed by atoms with Gasteiger partial charge < -0.3 is 19.3 Å². The smallest absolute Gasteiger partial charge is 0.348 e. The molecule has 130 valence electrons. The van der Waals surface area contributed by atoms with Gasteiger partial charge in [0.25, 0.3) is 0 Å². The zero-order valence-electron chi connectivity index (χ0n) is 13.7. The van der Waals surface area contributed by atoms with Crippen molar-refractivity contribution in [3.63, 3.8) is 0 Å². The Morgan fingerprint density at radius 2 is 1.50 bits per heavy atom. The van der Waals surface area contributed by atoms with Gasteiger partial charge in [0.2, 0.25) is 5.60 Å². The second-order valence-electron chi connectivity index (χ2n) is 5.27. The van der Waals surface area contributed by atoms with E-state index in [1.165, 1.54) is 39.0 Å². The number of carboxylic acids is 1. The van der Waals surface area contributed by atoms with E-state index in [0.717, 1.165) is 6.92 Å². The van der Waals surface area contributed by atoms with Gasteiger partial charge in [0.05, 0.1) is 0 Å². The lowest BCUT2D eigenvalue weighted by molar-refractivity contribution is -0.175. The molecule has 1 unspecified atom stereocenters.